The van der Waals surface area contributed by atoms with E-state index in [0.717, 1.165) is 5.52 Å². The van der Waals surface area contributed by atoms with Crippen LogP contribution in [-0.2, 0) is 13.6 Å². The van der Waals surface area contributed by atoms with Gasteiger partial charge in [0, 0.05) is 42.8 Å². The third kappa shape index (κ3) is 3.68. The van der Waals surface area contributed by atoms with E-state index in [0.29, 0.717) is 36.8 Å². The van der Waals surface area contributed by atoms with Crippen molar-refractivity contribution >= 4 is 16.6 Å². The molecular formula is C22H22N5O4-. The maximum Gasteiger partial charge on any atom is 0.244 e. The zero-order valence-corrected chi connectivity index (χ0v) is 16.9. The van der Waals surface area contributed by atoms with Gasteiger partial charge in [-0.15, -0.1) is 0 Å². The van der Waals surface area contributed by atoms with Crippen LogP contribution in [0, 0.1) is 5.21 Å². The number of rotatable bonds is 5. The lowest BCUT2D eigenvalue weighted by Gasteiger charge is -2.21. The molecule has 0 unspecified atom stereocenters. The fraction of sp³-hybridized carbons (Fsp3) is 0.273. The molecule has 0 saturated carbocycles. The van der Waals surface area contributed by atoms with E-state index in [1.165, 1.54) is 23.1 Å². The molecule has 3 heterocycles. The highest BCUT2D eigenvalue weighted by Gasteiger charge is 2.36. The van der Waals surface area contributed by atoms with Gasteiger partial charge in [-0.25, -0.2) is 0 Å². The van der Waals surface area contributed by atoms with Gasteiger partial charge < -0.3 is 24.6 Å². The number of aliphatic hydroxyl groups excluding tert-OH is 1. The van der Waals surface area contributed by atoms with Crippen molar-refractivity contribution in [2.45, 2.75) is 25.1 Å². The van der Waals surface area contributed by atoms with Crippen molar-refractivity contribution in [3.8, 4) is 11.4 Å². The van der Waals surface area contributed by atoms with E-state index in [4.69, 9.17) is 9.73 Å². The van der Waals surface area contributed by atoms with Crippen LogP contribution in [0.5, 0.6) is 0 Å². The number of aliphatic hydroxyl groups is 1. The van der Waals surface area contributed by atoms with Crippen molar-refractivity contribution in [1.82, 2.24) is 19.6 Å². The van der Waals surface area contributed by atoms with Crippen LogP contribution < -0.4 is 5.23 Å². The second kappa shape index (κ2) is 7.78. The number of β-amino-alcohol motifs (C(OH)–C–C–N with tert-alkyl or cyclic N) is 1. The first kappa shape index (κ1) is 19.7. The van der Waals surface area contributed by atoms with Crippen molar-refractivity contribution in [2.75, 3.05) is 11.8 Å². The van der Waals surface area contributed by atoms with Gasteiger partial charge in [-0.05, 0) is 30.2 Å². The molecule has 2 atom stereocenters. The molecule has 2 N–H and O–H groups in total. The molecule has 0 aliphatic carbocycles. The summed E-state index contributed by atoms with van der Waals surface area (Å²) in [6.45, 7) is 1.16. The van der Waals surface area contributed by atoms with E-state index in [2.05, 4.69) is 37.9 Å². The third-order valence-corrected chi connectivity index (χ3v) is 5.79. The molecule has 160 valence electrons. The number of anilines is 1. The Morgan fingerprint density at radius 3 is 2.90 bits per heavy atom. The Morgan fingerprint density at radius 2 is 2.06 bits per heavy atom. The lowest BCUT2D eigenvalue weighted by molar-refractivity contribution is 0.169. The van der Waals surface area contributed by atoms with Crippen LogP contribution in [0.15, 0.2) is 59.3 Å². The summed E-state index contributed by atoms with van der Waals surface area (Å²) < 4.78 is 7.64. The summed E-state index contributed by atoms with van der Waals surface area (Å²) in [5, 5.41) is 35.7. The van der Waals surface area contributed by atoms with E-state index in [1.807, 2.05) is 19.2 Å². The van der Waals surface area contributed by atoms with Gasteiger partial charge in [0.2, 0.25) is 11.7 Å². The minimum Gasteiger partial charge on any atom is -0.733 e. The van der Waals surface area contributed by atoms with Crippen LogP contribution in [0.1, 0.15) is 23.9 Å². The van der Waals surface area contributed by atoms with Gasteiger partial charge in [0.05, 0.1) is 17.8 Å². The number of benzene rings is 2. The number of hydrogen-bond acceptors (Lipinski definition) is 8. The van der Waals surface area contributed by atoms with Gasteiger partial charge in [0.15, 0.2) is 0 Å². The van der Waals surface area contributed by atoms with Gasteiger partial charge in [0.25, 0.3) is 0 Å². The molecule has 1 aliphatic heterocycles. The summed E-state index contributed by atoms with van der Waals surface area (Å²) in [4.78, 5) is 6.66. The van der Waals surface area contributed by atoms with Gasteiger partial charge in [-0.2, -0.15) is 4.98 Å². The molecule has 0 spiro atoms. The van der Waals surface area contributed by atoms with Crippen molar-refractivity contribution < 1.29 is 14.8 Å². The highest BCUT2D eigenvalue weighted by Crippen LogP contribution is 2.35. The predicted molar refractivity (Wildman–Crippen MR) is 114 cm³/mol. The summed E-state index contributed by atoms with van der Waals surface area (Å²) in [6, 6.07) is 14.4. The first-order chi connectivity index (χ1) is 15.0. The number of para-hydroxylation sites is 1. The number of aryl methyl sites for hydroxylation is 1. The second-order valence-electron chi connectivity index (χ2n) is 7.90. The number of hydrogen-bond donors (Lipinski definition) is 2. The average Bonchev–Trinajstić information content (AvgIpc) is 3.47. The van der Waals surface area contributed by atoms with Crippen LogP contribution in [0.3, 0.4) is 0 Å². The zero-order chi connectivity index (χ0) is 21.5. The first-order valence-electron chi connectivity index (χ1n) is 10.0. The molecule has 1 saturated heterocycles. The minimum atomic E-state index is -0.484. The molecule has 4 aromatic rings. The minimum absolute atomic E-state index is 0.0812. The maximum absolute atomic E-state index is 11.2. The lowest BCUT2D eigenvalue weighted by Crippen LogP contribution is -2.24. The van der Waals surface area contributed by atoms with Crippen molar-refractivity contribution in [1.29, 1.82) is 0 Å². The second-order valence-corrected chi connectivity index (χ2v) is 7.90. The Balaban J connectivity index is 1.42. The number of nitrogens with zero attached hydrogens (tertiary/aromatic N) is 5. The van der Waals surface area contributed by atoms with E-state index in [-0.39, 0.29) is 17.0 Å². The van der Waals surface area contributed by atoms with Gasteiger partial charge in [-0.3, -0.25) is 10.1 Å². The van der Waals surface area contributed by atoms with Gasteiger partial charge in [-0.1, -0.05) is 35.5 Å². The zero-order valence-electron chi connectivity index (χ0n) is 16.9. The van der Waals surface area contributed by atoms with Gasteiger partial charge in [0.1, 0.15) is 0 Å². The molecule has 0 bridgehead atoms. The third-order valence-electron chi connectivity index (χ3n) is 5.79. The smallest absolute Gasteiger partial charge is 0.244 e. The number of aromatic nitrogens is 3. The Morgan fingerprint density at radius 1 is 1.23 bits per heavy atom. The quantitative estimate of drug-likeness (QED) is 0.473. The fourth-order valence-electron chi connectivity index (χ4n) is 4.33. The average molecular weight is 420 g/mol. The summed E-state index contributed by atoms with van der Waals surface area (Å²) in [6.07, 6.45) is 2.13. The topological polar surface area (TPSA) is 114 Å². The summed E-state index contributed by atoms with van der Waals surface area (Å²) >= 11 is 0. The number of likely N-dealkylation sites (tertiary alicyclic amines) is 1. The molecule has 2 aromatic heterocycles. The largest absolute Gasteiger partial charge is 0.733 e. The van der Waals surface area contributed by atoms with E-state index < -0.39 is 6.10 Å². The van der Waals surface area contributed by atoms with Crippen LogP contribution in [-0.4, -0.2) is 42.6 Å². The van der Waals surface area contributed by atoms with Crippen LogP contribution in [0.4, 0.5) is 5.69 Å². The summed E-state index contributed by atoms with van der Waals surface area (Å²) in [5.41, 5.74) is 2.97. The Hall–Kier alpha value is -3.24. The maximum atomic E-state index is 11.2. The molecule has 1 aliphatic rings. The SMILES string of the molecule is Cn1cc(CN2C[C@H](O)C[C@H]2c2nc(-c3cccc(N([O-])O)c3)no2)c2ccccc21. The standard InChI is InChI=1S/C22H22N5O4/c1-25-11-15(18-7-2-3-8-19(18)25)12-26-13-17(28)10-20(26)22-23-21(24-31-22)14-5-4-6-16(9-14)27(29)30/h2-9,11,17,20,28-29H,10,12-13H2,1H3/q-1/t17-,20+/m1/s1. The van der Waals surface area contributed by atoms with Crippen molar-refractivity contribution in [3.63, 3.8) is 0 Å². The predicted octanol–water partition coefficient (Wildman–Crippen LogP) is 3.23. The van der Waals surface area contributed by atoms with E-state index in [1.54, 1.807) is 12.1 Å². The van der Waals surface area contributed by atoms with Crippen LogP contribution in [0.2, 0.25) is 0 Å². The molecule has 0 radical (unpaired) electrons. The lowest BCUT2D eigenvalue weighted by atomic mass is 10.1. The highest BCUT2D eigenvalue weighted by molar-refractivity contribution is 5.83. The Labute approximate surface area is 178 Å². The highest BCUT2D eigenvalue weighted by atomic mass is 16.8. The molecule has 5 rings (SSSR count). The summed E-state index contributed by atoms with van der Waals surface area (Å²) in [7, 11) is 2.02. The van der Waals surface area contributed by atoms with Gasteiger partial charge >= 0.3 is 0 Å². The normalized spacial score (nSPS) is 19.4. The monoisotopic (exact) mass is 420 g/mol. The number of fused-ring (bicyclic) bond motifs is 1. The molecule has 0 amide bonds. The van der Waals surface area contributed by atoms with E-state index in [9.17, 15) is 10.3 Å². The Bertz CT molecular complexity index is 1220. The van der Waals surface area contributed by atoms with Crippen molar-refractivity contribution in [2.24, 2.45) is 7.05 Å². The first-order valence-corrected chi connectivity index (χ1v) is 10.0. The van der Waals surface area contributed by atoms with Crippen molar-refractivity contribution in [3.05, 3.63) is 71.4 Å². The van der Waals surface area contributed by atoms with Crippen LogP contribution in [0.25, 0.3) is 22.3 Å². The fourth-order valence-corrected chi connectivity index (χ4v) is 4.33. The Kier molecular flexibility index (Phi) is 4.95. The molecule has 31 heavy (non-hydrogen) atoms. The molecule has 9 nitrogen and oxygen atoms in total. The molecule has 1 fully saturated rings. The van der Waals surface area contributed by atoms with E-state index >= 15 is 0 Å². The molecular weight excluding hydrogens is 398 g/mol. The summed E-state index contributed by atoms with van der Waals surface area (Å²) in [5.74, 6) is 0.741. The molecule has 9 heteroatoms. The van der Waals surface area contributed by atoms with Crippen LogP contribution >= 0.6 is 0 Å². The molecule has 2 aromatic carbocycles.